The summed E-state index contributed by atoms with van der Waals surface area (Å²) in [5.41, 5.74) is 2.84. The van der Waals surface area contributed by atoms with E-state index in [1.54, 1.807) is 26.0 Å². The van der Waals surface area contributed by atoms with Gasteiger partial charge in [0.1, 0.15) is 30.3 Å². The molecular weight excluding hydrogens is 1200 g/mol. The van der Waals surface area contributed by atoms with Gasteiger partial charge < -0.3 is 63.5 Å². The molecule has 21 nitrogen and oxygen atoms in total. The number of imide groups is 1. The Morgan fingerprint density at radius 2 is 1.22 bits per heavy atom. The Balaban J connectivity index is 0.839. The molecule has 0 spiro atoms. The third-order valence-corrected chi connectivity index (χ3v) is 18.9. The van der Waals surface area contributed by atoms with Crippen molar-refractivity contribution >= 4 is 49.9 Å². The van der Waals surface area contributed by atoms with Crippen LogP contribution in [0.3, 0.4) is 0 Å². The van der Waals surface area contributed by atoms with Crippen molar-refractivity contribution in [1.82, 2.24) is 30.8 Å². The van der Waals surface area contributed by atoms with E-state index >= 15 is 0 Å². The first-order chi connectivity index (χ1) is 43.9. The van der Waals surface area contributed by atoms with E-state index in [1.165, 1.54) is 4.90 Å². The molecule has 2 aliphatic rings. The molecule has 23 heteroatoms. The van der Waals surface area contributed by atoms with E-state index in [9.17, 15) is 29.2 Å². The Morgan fingerprint density at radius 1 is 0.670 bits per heavy atom. The van der Waals surface area contributed by atoms with Crippen molar-refractivity contribution in [2.45, 2.75) is 140 Å². The molecular formula is C68H96N7O14PS. The van der Waals surface area contributed by atoms with E-state index in [4.69, 9.17) is 42.2 Å². The Morgan fingerprint density at radius 3 is 1.78 bits per heavy atom. The fraction of sp³-hybridized carbons (Fsp3) is 0.559. The number of carbonyl (C=O) groups excluding carboxylic acids is 5. The number of fused-ring (bicyclic) bond motifs is 1. The number of rotatable bonds is 42. The molecule has 5 unspecified atom stereocenters. The SMILES string of the molecule is COc1ccc(C(OCC(COP(OCCC#N)N(C(C)C)C(C)C)NC(=O)COCC(=O)NCCCOCCOCCOCCCNC(=O)CCCCC2SCC3C2NC(=O)N3C(=O)c2ccc(C(C)(C)C)cc2)(c2ccccc2)c2ccc(OC)cc2)cc1. The normalized spacial score (nSPS) is 16.3. The van der Waals surface area contributed by atoms with Crippen LogP contribution in [0.4, 0.5) is 4.79 Å². The number of nitrogens with one attached hydrogen (secondary N) is 4. The summed E-state index contributed by atoms with van der Waals surface area (Å²) in [5.74, 6) is 0.897. The van der Waals surface area contributed by atoms with Crippen molar-refractivity contribution in [1.29, 1.82) is 5.26 Å². The number of unbranched alkanes of at least 4 members (excludes halogenated alkanes) is 1. The molecule has 91 heavy (non-hydrogen) atoms. The van der Waals surface area contributed by atoms with Crippen LogP contribution in [0.5, 0.6) is 11.5 Å². The average molecular weight is 1300 g/mol. The van der Waals surface area contributed by atoms with E-state index in [0.717, 1.165) is 41.5 Å². The Hall–Kier alpha value is -6.22. The second-order valence-corrected chi connectivity index (χ2v) is 26.5. The van der Waals surface area contributed by atoms with Gasteiger partial charge in [0.25, 0.3) is 14.4 Å². The third kappa shape index (κ3) is 23.1. The number of ether oxygens (including phenoxy) is 7. The van der Waals surface area contributed by atoms with E-state index in [1.807, 2.05) is 131 Å². The number of methoxy groups -OCH3 is 2. The van der Waals surface area contributed by atoms with Crippen molar-refractivity contribution in [2.24, 2.45) is 0 Å². The van der Waals surface area contributed by atoms with Crippen LogP contribution in [0.1, 0.15) is 126 Å². The molecule has 0 bridgehead atoms. The number of nitriles is 1. The van der Waals surface area contributed by atoms with Crippen LogP contribution in [0.15, 0.2) is 103 Å². The first-order valence-electron chi connectivity index (χ1n) is 31.6. The van der Waals surface area contributed by atoms with Crippen LogP contribution in [-0.4, -0.2) is 180 Å². The third-order valence-electron chi connectivity index (χ3n) is 15.4. The molecule has 4 N–H and O–H groups in total. The van der Waals surface area contributed by atoms with Gasteiger partial charge >= 0.3 is 6.03 Å². The summed E-state index contributed by atoms with van der Waals surface area (Å²) >= 11 is 1.78. The van der Waals surface area contributed by atoms with Gasteiger partial charge in [0.15, 0.2) is 0 Å². The van der Waals surface area contributed by atoms with Crippen LogP contribution < -0.4 is 30.7 Å². The maximum Gasteiger partial charge on any atom is 0.325 e. The summed E-state index contributed by atoms with van der Waals surface area (Å²) in [6.45, 7) is 17.2. The van der Waals surface area contributed by atoms with Crippen LogP contribution in [0.2, 0.25) is 0 Å². The number of carbonyl (C=O) groups is 5. The highest BCUT2D eigenvalue weighted by atomic mass is 32.2. The summed E-state index contributed by atoms with van der Waals surface area (Å²) < 4.78 is 55.7. The van der Waals surface area contributed by atoms with Gasteiger partial charge in [-0.15, -0.1) is 0 Å². The minimum Gasteiger partial charge on any atom is -0.497 e. The van der Waals surface area contributed by atoms with Gasteiger partial charge in [0.05, 0.1) is 91.1 Å². The molecule has 6 amide bonds. The van der Waals surface area contributed by atoms with Crippen LogP contribution in [0, 0.1) is 11.3 Å². The summed E-state index contributed by atoms with van der Waals surface area (Å²) in [5, 5.41) is 21.4. The van der Waals surface area contributed by atoms with Crippen LogP contribution in [0.25, 0.3) is 0 Å². The molecule has 6 rings (SSSR count). The fourth-order valence-corrected chi connectivity index (χ4v) is 14.0. The Labute approximate surface area is 543 Å². The van der Waals surface area contributed by atoms with Gasteiger partial charge in [-0.1, -0.05) is 93.9 Å². The smallest absolute Gasteiger partial charge is 0.325 e. The molecule has 4 aromatic carbocycles. The summed E-state index contributed by atoms with van der Waals surface area (Å²) in [4.78, 5) is 66.8. The lowest BCUT2D eigenvalue weighted by atomic mass is 9.80. The van der Waals surface area contributed by atoms with E-state index < -0.39 is 32.7 Å². The number of amides is 6. The van der Waals surface area contributed by atoms with Crippen molar-refractivity contribution in [3.8, 4) is 17.6 Å². The number of nitrogens with zero attached hydrogens (tertiary/aromatic N) is 3. The lowest BCUT2D eigenvalue weighted by Gasteiger charge is -2.38. The van der Waals surface area contributed by atoms with Crippen molar-refractivity contribution in [3.05, 3.63) is 131 Å². The lowest BCUT2D eigenvalue weighted by Crippen LogP contribution is -2.46. The Bertz CT molecular complexity index is 2820. The zero-order chi connectivity index (χ0) is 65.6. The van der Waals surface area contributed by atoms with Gasteiger partial charge in [0.2, 0.25) is 17.7 Å². The van der Waals surface area contributed by atoms with Crippen LogP contribution >= 0.6 is 20.3 Å². The Kier molecular flexibility index (Phi) is 31.4. The zero-order valence-corrected chi connectivity index (χ0v) is 56.3. The number of thioether (sulfide) groups is 1. The van der Waals surface area contributed by atoms with E-state index in [0.29, 0.717) is 94.8 Å². The van der Waals surface area contributed by atoms with Crippen LogP contribution in [-0.2, 0) is 58.1 Å². The van der Waals surface area contributed by atoms with Crippen molar-refractivity contribution < 1.29 is 66.2 Å². The minimum absolute atomic E-state index is 0.000237. The first kappa shape index (κ1) is 73.8. The average Bonchev–Trinajstić information content (AvgIpc) is 1.62. The zero-order valence-electron chi connectivity index (χ0n) is 54.5. The number of benzene rings is 4. The van der Waals surface area contributed by atoms with E-state index in [-0.39, 0.29) is 91.4 Å². The molecule has 2 heterocycles. The minimum atomic E-state index is -1.68. The van der Waals surface area contributed by atoms with Crippen molar-refractivity contribution in [2.75, 3.05) is 106 Å². The van der Waals surface area contributed by atoms with E-state index in [2.05, 4.69) is 52.8 Å². The second kappa shape index (κ2) is 38.7. The highest BCUT2D eigenvalue weighted by Crippen LogP contribution is 2.47. The number of urea groups is 1. The maximum absolute atomic E-state index is 13.7. The molecule has 0 aromatic heterocycles. The summed E-state index contributed by atoms with van der Waals surface area (Å²) in [7, 11) is 1.54. The molecule has 0 aliphatic carbocycles. The maximum atomic E-state index is 13.7. The molecule has 0 saturated carbocycles. The molecule has 4 aromatic rings. The predicted molar refractivity (Wildman–Crippen MR) is 352 cm³/mol. The molecule has 498 valence electrons. The fourth-order valence-electron chi connectivity index (χ4n) is 10.7. The highest BCUT2D eigenvalue weighted by Gasteiger charge is 2.50. The lowest BCUT2D eigenvalue weighted by molar-refractivity contribution is -0.132. The monoisotopic (exact) mass is 1300 g/mol. The van der Waals surface area contributed by atoms with Gasteiger partial charge in [-0.05, 0) is 117 Å². The molecule has 0 radical (unpaired) electrons. The standard InChI is InChI=1S/C68H96N7O14PS/c1-49(2)75(50(3)4)90(88-39-15-34-69)89-45-56(44-87-68(53-18-11-10-12-19-53,54-26-30-57(81-8)31-27-54)55-28-32-58(82-9)33-29-55)72-63(78)47-86-46-62(77)71-36-17-38-84-41-43-85-42-40-83-37-16-35-70-61(76)21-14-13-20-60-64-59(48-91-60)74(66(80)73-64)65(79)51-22-24-52(25-23-51)67(5,6)7/h10-12,18-19,22-33,49-50,56,59-60,64H,13-17,20-21,35-48H2,1-9H3,(H,70,76)(H,71,77)(H,72,78)(H,73,80). The molecule has 2 aliphatic heterocycles. The van der Waals surface area contributed by atoms with Gasteiger partial charge in [-0.2, -0.15) is 17.0 Å². The molecule has 2 fully saturated rings. The highest BCUT2D eigenvalue weighted by molar-refractivity contribution is 8.00. The van der Waals surface area contributed by atoms with Gasteiger partial charge in [-0.25, -0.2) is 9.46 Å². The summed E-state index contributed by atoms with van der Waals surface area (Å²) in [6.07, 6.45) is 4.28. The topological polar surface area (TPSA) is 247 Å². The largest absolute Gasteiger partial charge is 0.497 e. The predicted octanol–water partition coefficient (Wildman–Crippen LogP) is 9.44. The van der Waals surface area contributed by atoms with Crippen molar-refractivity contribution in [3.63, 3.8) is 0 Å². The molecule has 2 saturated heterocycles. The molecule has 5 atom stereocenters. The first-order valence-corrected chi connectivity index (χ1v) is 33.8. The summed E-state index contributed by atoms with van der Waals surface area (Å²) in [6, 6.07) is 33.5. The number of hydrogen-bond donors (Lipinski definition) is 4. The number of hydrogen-bond acceptors (Lipinski definition) is 17. The van der Waals surface area contributed by atoms with Gasteiger partial charge in [-0.3, -0.25) is 24.1 Å². The van der Waals surface area contributed by atoms with Gasteiger partial charge in [0, 0.05) is 61.4 Å². The quantitative estimate of drug-likeness (QED) is 0.0140. The second-order valence-electron chi connectivity index (χ2n) is 23.8.